The molecule has 1 N–H and O–H groups in total. The number of nitrogens with zero attached hydrogens (tertiary/aromatic N) is 1. The Bertz CT molecular complexity index is 583. The first-order chi connectivity index (χ1) is 11.1. The van der Waals surface area contributed by atoms with E-state index in [2.05, 4.69) is 10.5 Å². The van der Waals surface area contributed by atoms with Crippen LogP contribution in [-0.4, -0.2) is 48.7 Å². The van der Waals surface area contributed by atoms with Crippen LogP contribution < -0.4 is 10.2 Å². The van der Waals surface area contributed by atoms with Gasteiger partial charge in [-0.25, -0.2) is 5.43 Å². The third kappa shape index (κ3) is 4.70. The van der Waals surface area contributed by atoms with Gasteiger partial charge in [0.1, 0.15) is 11.9 Å². The first-order valence-corrected chi connectivity index (χ1v) is 8.73. The highest BCUT2D eigenvalue weighted by atomic mass is 32.2. The fourth-order valence-corrected chi connectivity index (χ4v) is 2.88. The van der Waals surface area contributed by atoms with Crippen molar-refractivity contribution in [3.8, 4) is 5.75 Å². The summed E-state index contributed by atoms with van der Waals surface area (Å²) in [5, 5.41) is 3.97. The summed E-state index contributed by atoms with van der Waals surface area (Å²) >= 11 is 1.88. The van der Waals surface area contributed by atoms with E-state index in [1.54, 1.807) is 13.1 Å². The predicted molar refractivity (Wildman–Crippen MR) is 88.8 cm³/mol. The van der Waals surface area contributed by atoms with Crippen LogP contribution in [0.1, 0.15) is 18.9 Å². The summed E-state index contributed by atoms with van der Waals surface area (Å²) in [5.41, 5.74) is 3.36. The van der Waals surface area contributed by atoms with Crippen LogP contribution in [0.25, 0.3) is 0 Å². The number of nitrogens with one attached hydrogen (secondary N) is 1. The normalized spacial score (nSPS) is 20.4. The van der Waals surface area contributed by atoms with Crippen molar-refractivity contribution < 1.29 is 19.0 Å². The number of hydrazone groups is 1. The highest BCUT2D eigenvalue weighted by Crippen LogP contribution is 2.24. The molecule has 1 amide bonds. The van der Waals surface area contributed by atoms with Gasteiger partial charge < -0.3 is 14.2 Å². The second kappa shape index (κ2) is 7.33. The lowest BCUT2D eigenvalue weighted by Crippen LogP contribution is -2.33. The summed E-state index contributed by atoms with van der Waals surface area (Å²) < 4.78 is 16.6. The van der Waals surface area contributed by atoms with Crippen molar-refractivity contribution in [1.82, 2.24) is 5.43 Å². The molecule has 2 aliphatic heterocycles. The Kier molecular flexibility index (Phi) is 5.20. The van der Waals surface area contributed by atoms with Gasteiger partial charge in [-0.1, -0.05) is 12.1 Å². The molecule has 0 saturated carbocycles. The van der Waals surface area contributed by atoms with Gasteiger partial charge in [-0.05, 0) is 24.6 Å². The van der Waals surface area contributed by atoms with Crippen molar-refractivity contribution in [2.24, 2.45) is 5.10 Å². The molecule has 0 aromatic heterocycles. The van der Waals surface area contributed by atoms with E-state index >= 15 is 0 Å². The molecule has 0 atom stereocenters. The van der Waals surface area contributed by atoms with Crippen LogP contribution in [0.4, 0.5) is 0 Å². The zero-order chi connectivity index (χ0) is 16.1. The molecule has 1 aromatic rings. The molecule has 2 aliphatic rings. The lowest BCUT2D eigenvalue weighted by Gasteiger charge is -2.25. The minimum absolute atomic E-state index is 0.118. The molecule has 2 fully saturated rings. The number of hydrogen-bond acceptors (Lipinski definition) is 6. The number of thioether (sulfide) groups is 1. The summed E-state index contributed by atoms with van der Waals surface area (Å²) in [6.07, 6.45) is 2.02. The van der Waals surface area contributed by atoms with Gasteiger partial charge in [0.2, 0.25) is 5.91 Å². The number of carbonyl (C=O) groups is 1. The molecular weight excluding hydrogens is 316 g/mol. The number of rotatable bonds is 6. The highest BCUT2D eigenvalue weighted by molar-refractivity contribution is 8.00. The highest BCUT2D eigenvalue weighted by Gasteiger charge is 2.33. The second-order valence-corrected chi connectivity index (χ2v) is 6.73. The van der Waals surface area contributed by atoms with E-state index in [0.29, 0.717) is 19.3 Å². The Labute approximate surface area is 139 Å². The van der Waals surface area contributed by atoms with Crippen molar-refractivity contribution in [3.63, 3.8) is 0 Å². The van der Waals surface area contributed by atoms with Gasteiger partial charge >= 0.3 is 0 Å². The molecule has 0 spiro atoms. The predicted octanol–water partition coefficient (Wildman–Crippen LogP) is 1.78. The Morgan fingerprint density at radius 2 is 2.26 bits per heavy atom. The molecule has 0 unspecified atom stereocenters. The maximum absolute atomic E-state index is 11.8. The number of carbonyl (C=O) groups excluding carboxylic acids is 1. The van der Waals surface area contributed by atoms with E-state index in [-0.39, 0.29) is 12.3 Å². The van der Waals surface area contributed by atoms with E-state index < -0.39 is 5.79 Å². The third-order valence-electron chi connectivity index (χ3n) is 3.55. The van der Waals surface area contributed by atoms with Crippen LogP contribution in [0.2, 0.25) is 0 Å². The largest absolute Gasteiger partial charge is 0.489 e. The monoisotopic (exact) mass is 336 g/mol. The van der Waals surface area contributed by atoms with Crippen molar-refractivity contribution in [3.05, 3.63) is 29.8 Å². The number of amides is 1. The Balaban J connectivity index is 1.49. The average Bonchev–Trinajstić information content (AvgIpc) is 2.90. The number of hydrogen-bond donors (Lipinski definition) is 1. The molecular formula is C16H20N2O4S. The topological polar surface area (TPSA) is 69.2 Å². The molecule has 2 saturated heterocycles. The fraction of sp³-hybridized carbons (Fsp3) is 0.500. The van der Waals surface area contributed by atoms with E-state index in [1.807, 2.05) is 36.0 Å². The van der Waals surface area contributed by atoms with Crippen LogP contribution in [0, 0.1) is 0 Å². The maximum atomic E-state index is 11.8. The van der Waals surface area contributed by atoms with E-state index in [1.165, 1.54) is 0 Å². The maximum Gasteiger partial charge on any atom is 0.245 e. The summed E-state index contributed by atoms with van der Waals surface area (Å²) in [7, 11) is 0. The lowest BCUT2D eigenvalue weighted by atomic mass is 10.2. The number of ether oxygens (including phenoxy) is 3. The average molecular weight is 336 g/mol. The van der Waals surface area contributed by atoms with Gasteiger partial charge in [-0.15, -0.1) is 0 Å². The lowest BCUT2D eigenvalue weighted by molar-refractivity contribution is -0.159. The standard InChI is InChI=1S/C16H20N2O4S/c1-16(20-5-6-21-16)8-15(19)18-17-9-12-3-2-4-13(7-12)22-14-10-23-11-14/h2-4,7,9,14H,5-6,8,10-11H2,1H3,(H,18,19). The zero-order valence-corrected chi connectivity index (χ0v) is 13.8. The summed E-state index contributed by atoms with van der Waals surface area (Å²) in [5.74, 6) is 1.82. The van der Waals surface area contributed by atoms with Gasteiger partial charge in [0.15, 0.2) is 5.79 Å². The van der Waals surface area contributed by atoms with Crippen LogP contribution in [-0.2, 0) is 14.3 Å². The van der Waals surface area contributed by atoms with E-state index in [4.69, 9.17) is 14.2 Å². The molecule has 3 rings (SSSR count). The van der Waals surface area contributed by atoms with E-state index in [9.17, 15) is 4.79 Å². The van der Waals surface area contributed by atoms with Gasteiger partial charge in [0.05, 0.1) is 25.8 Å². The fourth-order valence-electron chi connectivity index (χ4n) is 2.31. The van der Waals surface area contributed by atoms with Gasteiger partial charge in [-0.2, -0.15) is 16.9 Å². The summed E-state index contributed by atoms with van der Waals surface area (Å²) in [6, 6.07) is 7.64. The minimum atomic E-state index is -0.839. The first kappa shape index (κ1) is 16.3. The molecule has 124 valence electrons. The first-order valence-electron chi connectivity index (χ1n) is 7.57. The molecule has 0 radical (unpaired) electrons. The molecule has 2 heterocycles. The number of benzene rings is 1. The zero-order valence-electron chi connectivity index (χ0n) is 13.0. The van der Waals surface area contributed by atoms with Crippen molar-refractivity contribution >= 4 is 23.9 Å². The minimum Gasteiger partial charge on any atom is -0.489 e. The molecule has 7 heteroatoms. The molecule has 6 nitrogen and oxygen atoms in total. The molecule has 23 heavy (non-hydrogen) atoms. The van der Waals surface area contributed by atoms with E-state index in [0.717, 1.165) is 22.8 Å². The Morgan fingerprint density at radius 1 is 1.48 bits per heavy atom. The summed E-state index contributed by atoms with van der Waals surface area (Å²) in [4.78, 5) is 11.8. The smallest absolute Gasteiger partial charge is 0.245 e. The van der Waals surface area contributed by atoms with Crippen LogP contribution in [0.3, 0.4) is 0 Å². The van der Waals surface area contributed by atoms with Gasteiger partial charge in [0, 0.05) is 11.5 Å². The SMILES string of the molecule is CC1(CC(=O)NN=Cc2cccc(OC3CSC3)c2)OCCO1. The molecule has 0 bridgehead atoms. The summed E-state index contributed by atoms with van der Waals surface area (Å²) in [6.45, 7) is 2.78. The van der Waals surface area contributed by atoms with Crippen LogP contribution in [0.5, 0.6) is 5.75 Å². The second-order valence-electron chi connectivity index (χ2n) is 5.65. The van der Waals surface area contributed by atoms with Crippen LogP contribution >= 0.6 is 11.8 Å². The quantitative estimate of drug-likeness (QED) is 0.633. The van der Waals surface area contributed by atoms with Gasteiger partial charge in [-0.3, -0.25) is 4.79 Å². The Morgan fingerprint density at radius 3 is 2.96 bits per heavy atom. The van der Waals surface area contributed by atoms with Crippen molar-refractivity contribution in [1.29, 1.82) is 0 Å². The molecule has 0 aliphatic carbocycles. The van der Waals surface area contributed by atoms with Crippen LogP contribution in [0.15, 0.2) is 29.4 Å². The van der Waals surface area contributed by atoms with Crippen molar-refractivity contribution in [2.75, 3.05) is 24.7 Å². The van der Waals surface area contributed by atoms with Crippen molar-refractivity contribution in [2.45, 2.75) is 25.2 Å². The third-order valence-corrected chi connectivity index (χ3v) is 4.77. The van der Waals surface area contributed by atoms with Gasteiger partial charge in [0.25, 0.3) is 0 Å². The molecule has 1 aromatic carbocycles. The Hall–Kier alpha value is -1.57.